The number of ether oxygens (including phenoxy) is 1. The third kappa shape index (κ3) is 2.81. The maximum atomic E-state index is 10.4. The fourth-order valence-corrected chi connectivity index (χ4v) is 2.58. The molecule has 5 nitrogen and oxygen atoms in total. The lowest BCUT2D eigenvalue weighted by atomic mass is 9.96. The van der Waals surface area contributed by atoms with Crippen LogP contribution in [-0.2, 0) is 10.2 Å². The standard InChI is InChI=1S/C12H21N3O2S/c1-8-12(16,5-6-17-8)7-13-10-14-9(15-18-10)11(2,3)4/h8,16H,5-7H2,1-4H3,(H,13,14,15). The van der Waals surface area contributed by atoms with Gasteiger partial charge in [-0.1, -0.05) is 20.8 Å². The molecule has 1 aromatic heterocycles. The van der Waals surface area contributed by atoms with Crippen molar-refractivity contribution in [3.8, 4) is 0 Å². The van der Waals surface area contributed by atoms with Crippen molar-refractivity contribution in [3.05, 3.63) is 5.82 Å². The Morgan fingerprint density at radius 2 is 2.28 bits per heavy atom. The summed E-state index contributed by atoms with van der Waals surface area (Å²) in [5.74, 6) is 0.831. The second-order valence-corrected chi connectivity index (χ2v) is 6.65. The Morgan fingerprint density at radius 1 is 1.56 bits per heavy atom. The van der Waals surface area contributed by atoms with Crippen LogP contribution in [0.25, 0.3) is 0 Å². The number of hydrogen-bond donors (Lipinski definition) is 2. The van der Waals surface area contributed by atoms with E-state index in [2.05, 4.69) is 35.4 Å². The molecule has 1 aromatic rings. The number of nitrogens with one attached hydrogen (secondary N) is 1. The minimum Gasteiger partial charge on any atom is -0.385 e. The van der Waals surface area contributed by atoms with E-state index in [1.165, 1.54) is 11.5 Å². The van der Waals surface area contributed by atoms with Gasteiger partial charge in [-0.3, -0.25) is 0 Å². The summed E-state index contributed by atoms with van der Waals surface area (Å²) in [6.07, 6.45) is 0.520. The molecular formula is C12H21N3O2S. The highest BCUT2D eigenvalue weighted by Gasteiger charge is 2.39. The summed E-state index contributed by atoms with van der Waals surface area (Å²) in [6, 6.07) is 0. The second-order valence-electron chi connectivity index (χ2n) is 5.89. The fourth-order valence-electron chi connectivity index (χ4n) is 1.83. The SMILES string of the molecule is CC1OCCC1(O)CNc1nc(C(C)(C)C)ns1. The van der Waals surface area contributed by atoms with Gasteiger partial charge in [0.25, 0.3) is 0 Å². The van der Waals surface area contributed by atoms with E-state index < -0.39 is 5.60 Å². The van der Waals surface area contributed by atoms with E-state index in [-0.39, 0.29) is 11.5 Å². The Morgan fingerprint density at radius 3 is 2.78 bits per heavy atom. The van der Waals surface area contributed by atoms with Crippen LogP contribution in [0.2, 0.25) is 0 Å². The van der Waals surface area contributed by atoms with Gasteiger partial charge in [0.15, 0.2) is 0 Å². The van der Waals surface area contributed by atoms with Crippen LogP contribution in [0.15, 0.2) is 0 Å². The van der Waals surface area contributed by atoms with Crippen LogP contribution in [0.3, 0.4) is 0 Å². The van der Waals surface area contributed by atoms with Crippen LogP contribution in [0.4, 0.5) is 5.13 Å². The van der Waals surface area contributed by atoms with Crippen LogP contribution in [0, 0.1) is 0 Å². The van der Waals surface area contributed by atoms with Gasteiger partial charge in [-0.05, 0) is 6.92 Å². The number of nitrogens with zero attached hydrogens (tertiary/aromatic N) is 2. The van der Waals surface area contributed by atoms with E-state index in [9.17, 15) is 5.11 Å². The molecule has 6 heteroatoms. The van der Waals surface area contributed by atoms with E-state index in [1.807, 2.05) is 6.92 Å². The Hall–Kier alpha value is -0.720. The molecule has 0 amide bonds. The molecule has 0 spiro atoms. The number of hydrogen-bond acceptors (Lipinski definition) is 6. The zero-order valence-corrected chi connectivity index (χ0v) is 12.2. The molecule has 2 heterocycles. The van der Waals surface area contributed by atoms with Crippen LogP contribution in [0.5, 0.6) is 0 Å². The van der Waals surface area contributed by atoms with Gasteiger partial charge in [-0.2, -0.15) is 4.37 Å². The first kappa shape index (κ1) is 13.7. The molecule has 1 aliphatic rings. The molecule has 0 saturated carbocycles. The maximum Gasteiger partial charge on any atom is 0.202 e. The summed E-state index contributed by atoms with van der Waals surface area (Å²) in [7, 11) is 0. The van der Waals surface area contributed by atoms with Gasteiger partial charge in [-0.15, -0.1) is 0 Å². The summed E-state index contributed by atoms with van der Waals surface area (Å²) in [4.78, 5) is 4.44. The lowest BCUT2D eigenvalue weighted by Gasteiger charge is -2.25. The van der Waals surface area contributed by atoms with Gasteiger partial charge in [0.05, 0.1) is 6.10 Å². The van der Waals surface area contributed by atoms with E-state index in [0.717, 1.165) is 11.0 Å². The summed E-state index contributed by atoms with van der Waals surface area (Å²) >= 11 is 1.34. The molecule has 2 atom stereocenters. The lowest BCUT2D eigenvalue weighted by Crippen LogP contribution is -2.43. The normalized spacial score (nSPS) is 28.6. The van der Waals surface area contributed by atoms with E-state index >= 15 is 0 Å². The van der Waals surface area contributed by atoms with Gasteiger partial charge < -0.3 is 15.2 Å². The summed E-state index contributed by atoms with van der Waals surface area (Å²) in [6.45, 7) is 9.21. The second kappa shape index (κ2) is 4.75. The van der Waals surface area contributed by atoms with Crippen molar-refractivity contribution in [1.82, 2.24) is 9.36 Å². The van der Waals surface area contributed by atoms with Crippen LogP contribution in [0.1, 0.15) is 39.9 Å². The Balaban J connectivity index is 1.97. The first-order valence-electron chi connectivity index (χ1n) is 6.23. The van der Waals surface area contributed by atoms with Gasteiger partial charge in [0.1, 0.15) is 11.4 Å². The van der Waals surface area contributed by atoms with E-state index in [1.54, 1.807) is 0 Å². The summed E-state index contributed by atoms with van der Waals surface area (Å²) in [5.41, 5.74) is -0.843. The molecule has 2 rings (SSSR count). The zero-order chi connectivity index (χ0) is 13.4. The van der Waals surface area contributed by atoms with E-state index in [4.69, 9.17) is 4.74 Å². The van der Waals surface area contributed by atoms with Crippen molar-refractivity contribution < 1.29 is 9.84 Å². The number of aromatic nitrogens is 2. The van der Waals surface area contributed by atoms with Crippen LogP contribution < -0.4 is 5.32 Å². The first-order chi connectivity index (χ1) is 8.31. The molecule has 1 saturated heterocycles. The monoisotopic (exact) mass is 271 g/mol. The fraction of sp³-hybridized carbons (Fsp3) is 0.833. The molecular weight excluding hydrogens is 250 g/mol. The lowest BCUT2D eigenvalue weighted by molar-refractivity contribution is -0.0175. The number of aliphatic hydroxyl groups is 1. The highest BCUT2D eigenvalue weighted by molar-refractivity contribution is 7.09. The van der Waals surface area contributed by atoms with Gasteiger partial charge >= 0.3 is 0 Å². The summed E-state index contributed by atoms with van der Waals surface area (Å²) in [5, 5.41) is 14.3. The number of anilines is 1. The van der Waals surface area contributed by atoms with Crippen molar-refractivity contribution in [2.45, 2.75) is 51.2 Å². The van der Waals surface area contributed by atoms with Crippen LogP contribution >= 0.6 is 11.5 Å². The third-order valence-electron chi connectivity index (χ3n) is 3.30. The molecule has 18 heavy (non-hydrogen) atoms. The van der Waals surface area contributed by atoms with Crippen molar-refractivity contribution in [2.24, 2.45) is 0 Å². The molecule has 1 aliphatic heterocycles. The molecule has 2 N–H and O–H groups in total. The maximum absolute atomic E-state index is 10.4. The molecule has 0 aromatic carbocycles. The number of rotatable bonds is 3. The highest BCUT2D eigenvalue weighted by Crippen LogP contribution is 2.27. The van der Waals surface area contributed by atoms with Crippen molar-refractivity contribution in [3.63, 3.8) is 0 Å². The highest BCUT2D eigenvalue weighted by atomic mass is 32.1. The Labute approximate surface area is 112 Å². The average Bonchev–Trinajstić information content (AvgIpc) is 2.84. The van der Waals surface area contributed by atoms with Gasteiger partial charge in [-0.25, -0.2) is 4.98 Å². The quantitative estimate of drug-likeness (QED) is 0.877. The Kier molecular flexibility index (Phi) is 3.62. The minimum absolute atomic E-state index is 0.0446. The van der Waals surface area contributed by atoms with Gasteiger partial charge in [0.2, 0.25) is 5.13 Å². The van der Waals surface area contributed by atoms with Crippen molar-refractivity contribution in [1.29, 1.82) is 0 Å². The van der Waals surface area contributed by atoms with Crippen molar-refractivity contribution >= 4 is 16.7 Å². The zero-order valence-electron chi connectivity index (χ0n) is 11.4. The predicted octanol–water partition coefficient (Wildman–Crippen LogP) is 1.79. The topological polar surface area (TPSA) is 67.3 Å². The van der Waals surface area contributed by atoms with Crippen LogP contribution in [-0.4, -0.2) is 39.3 Å². The van der Waals surface area contributed by atoms with Gasteiger partial charge in [0, 0.05) is 36.5 Å². The van der Waals surface area contributed by atoms with Crippen molar-refractivity contribution in [2.75, 3.05) is 18.5 Å². The largest absolute Gasteiger partial charge is 0.385 e. The summed E-state index contributed by atoms with van der Waals surface area (Å²) < 4.78 is 9.72. The average molecular weight is 271 g/mol. The molecule has 0 bridgehead atoms. The Bertz CT molecular complexity index is 416. The molecule has 102 valence electrons. The predicted molar refractivity (Wildman–Crippen MR) is 72.1 cm³/mol. The molecule has 2 unspecified atom stereocenters. The van der Waals surface area contributed by atoms with E-state index in [0.29, 0.717) is 19.6 Å². The molecule has 0 radical (unpaired) electrons. The molecule has 1 fully saturated rings. The molecule has 0 aliphatic carbocycles. The minimum atomic E-state index is -0.798. The smallest absolute Gasteiger partial charge is 0.202 e. The third-order valence-corrected chi connectivity index (χ3v) is 3.97. The first-order valence-corrected chi connectivity index (χ1v) is 7.01.